The minimum absolute atomic E-state index is 0.0566. The maximum absolute atomic E-state index is 12.0. The second-order valence-corrected chi connectivity index (χ2v) is 6.45. The van der Waals surface area contributed by atoms with Gasteiger partial charge in [0.25, 0.3) is 0 Å². The monoisotopic (exact) mass is 337 g/mol. The topological polar surface area (TPSA) is 100 Å². The van der Waals surface area contributed by atoms with Crippen molar-refractivity contribution in [3.05, 3.63) is 17.2 Å². The van der Waals surface area contributed by atoms with E-state index in [4.69, 9.17) is 4.52 Å². The number of likely N-dealkylation sites (N-methyl/N-ethyl adjacent to an activating group) is 1. The molecule has 1 amide bonds. The molecular weight excluding hydrogens is 318 g/mol. The molecule has 1 saturated heterocycles. The molecule has 2 aromatic heterocycles. The van der Waals surface area contributed by atoms with Crippen molar-refractivity contribution in [2.45, 2.75) is 25.9 Å². The fraction of sp³-hybridized carbons (Fsp3) is 0.615. The van der Waals surface area contributed by atoms with E-state index in [0.29, 0.717) is 36.0 Å². The van der Waals surface area contributed by atoms with E-state index in [-0.39, 0.29) is 5.91 Å². The van der Waals surface area contributed by atoms with E-state index in [2.05, 4.69) is 35.5 Å². The second kappa shape index (κ2) is 7.11. The van der Waals surface area contributed by atoms with Gasteiger partial charge in [0.1, 0.15) is 5.51 Å². The molecule has 9 nitrogen and oxygen atoms in total. The van der Waals surface area contributed by atoms with Crippen LogP contribution < -0.4 is 5.32 Å². The van der Waals surface area contributed by atoms with Gasteiger partial charge < -0.3 is 4.52 Å². The van der Waals surface area contributed by atoms with Crippen molar-refractivity contribution < 1.29 is 9.32 Å². The first-order valence-electron chi connectivity index (χ1n) is 7.38. The van der Waals surface area contributed by atoms with Gasteiger partial charge in [-0.3, -0.25) is 19.9 Å². The van der Waals surface area contributed by atoms with E-state index in [1.54, 1.807) is 12.4 Å². The first-order chi connectivity index (χ1) is 11.1. The molecule has 0 saturated carbocycles. The first kappa shape index (κ1) is 16.0. The molecule has 124 valence electrons. The standard InChI is InChI=1S/C13H19N7O2S/c1-9-15-11(18-22-9)6-19(2)10-3-4-20(5-10)7-12(21)16-13-17-14-8-23-13/h8,10H,3-7H2,1-2H3,(H,16,17,21)/t10-/m0/s1. The Morgan fingerprint density at radius 3 is 3.17 bits per heavy atom. The van der Waals surface area contributed by atoms with Crippen LogP contribution in [0.2, 0.25) is 0 Å². The number of rotatable bonds is 6. The van der Waals surface area contributed by atoms with Crippen LogP contribution in [0.5, 0.6) is 0 Å². The first-order valence-corrected chi connectivity index (χ1v) is 8.26. The summed E-state index contributed by atoms with van der Waals surface area (Å²) in [5.74, 6) is 1.21. The number of aryl methyl sites for hydroxylation is 1. The van der Waals surface area contributed by atoms with Crippen molar-refractivity contribution in [2.24, 2.45) is 0 Å². The molecule has 3 heterocycles. The van der Waals surface area contributed by atoms with Gasteiger partial charge in [-0.1, -0.05) is 16.5 Å². The number of aromatic nitrogens is 4. The van der Waals surface area contributed by atoms with Crippen LogP contribution in [0, 0.1) is 6.92 Å². The van der Waals surface area contributed by atoms with Gasteiger partial charge in [0.2, 0.25) is 16.9 Å². The molecule has 0 bridgehead atoms. The molecule has 1 atom stereocenters. The largest absolute Gasteiger partial charge is 0.340 e. The van der Waals surface area contributed by atoms with Crippen LogP contribution >= 0.6 is 11.3 Å². The normalized spacial score (nSPS) is 18.7. The average molecular weight is 337 g/mol. The summed E-state index contributed by atoms with van der Waals surface area (Å²) in [5, 5.41) is 14.7. The number of amides is 1. The number of likely N-dealkylation sites (tertiary alicyclic amines) is 1. The maximum atomic E-state index is 12.0. The summed E-state index contributed by atoms with van der Waals surface area (Å²) in [5.41, 5.74) is 1.59. The number of nitrogens with one attached hydrogen (secondary N) is 1. The lowest BCUT2D eigenvalue weighted by molar-refractivity contribution is -0.117. The molecule has 2 aromatic rings. The zero-order chi connectivity index (χ0) is 16.2. The van der Waals surface area contributed by atoms with E-state index in [1.807, 2.05) is 7.05 Å². The molecule has 1 fully saturated rings. The van der Waals surface area contributed by atoms with Gasteiger partial charge >= 0.3 is 0 Å². The van der Waals surface area contributed by atoms with E-state index >= 15 is 0 Å². The maximum Gasteiger partial charge on any atom is 0.240 e. The highest BCUT2D eigenvalue weighted by Crippen LogP contribution is 2.16. The van der Waals surface area contributed by atoms with Crippen LogP contribution in [0.15, 0.2) is 10.0 Å². The Morgan fingerprint density at radius 1 is 1.61 bits per heavy atom. The van der Waals surface area contributed by atoms with Crippen LogP contribution in [0.3, 0.4) is 0 Å². The Balaban J connectivity index is 1.45. The Labute approximate surface area is 137 Å². The van der Waals surface area contributed by atoms with Gasteiger partial charge in [-0.25, -0.2) is 0 Å². The zero-order valence-electron chi connectivity index (χ0n) is 13.1. The molecule has 23 heavy (non-hydrogen) atoms. The van der Waals surface area contributed by atoms with Crippen molar-refractivity contribution in [2.75, 3.05) is 32.0 Å². The van der Waals surface area contributed by atoms with Crippen molar-refractivity contribution in [1.82, 2.24) is 30.1 Å². The van der Waals surface area contributed by atoms with Gasteiger partial charge in [-0.2, -0.15) is 4.98 Å². The average Bonchev–Trinajstić information content (AvgIpc) is 3.22. The summed E-state index contributed by atoms with van der Waals surface area (Å²) in [4.78, 5) is 20.5. The van der Waals surface area contributed by atoms with E-state index in [0.717, 1.165) is 19.5 Å². The zero-order valence-corrected chi connectivity index (χ0v) is 13.9. The summed E-state index contributed by atoms with van der Waals surface area (Å²) in [6.07, 6.45) is 1.01. The van der Waals surface area contributed by atoms with E-state index < -0.39 is 0 Å². The summed E-state index contributed by atoms with van der Waals surface area (Å²) in [7, 11) is 2.04. The minimum Gasteiger partial charge on any atom is -0.340 e. The fourth-order valence-corrected chi connectivity index (χ4v) is 3.12. The van der Waals surface area contributed by atoms with E-state index in [9.17, 15) is 4.79 Å². The molecule has 3 rings (SSSR count). The summed E-state index contributed by atoms with van der Waals surface area (Å²) < 4.78 is 4.99. The van der Waals surface area contributed by atoms with Gasteiger partial charge in [0.05, 0.1) is 13.1 Å². The fourth-order valence-electron chi connectivity index (χ4n) is 2.66. The molecule has 0 aromatic carbocycles. The molecule has 1 aliphatic rings. The third kappa shape index (κ3) is 4.30. The smallest absolute Gasteiger partial charge is 0.240 e. The quantitative estimate of drug-likeness (QED) is 0.807. The summed E-state index contributed by atoms with van der Waals surface area (Å²) in [6, 6.07) is 0.378. The molecule has 0 aliphatic carbocycles. The highest BCUT2D eigenvalue weighted by atomic mass is 32.1. The highest BCUT2D eigenvalue weighted by Gasteiger charge is 2.27. The van der Waals surface area contributed by atoms with Gasteiger partial charge in [0.15, 0.2) is 5.82 Å². The van der Waals surface area contributed by atoms with Crippen LogP contribution in [0.4, 0.5) is 5.13 Å². The van der Waals surface area contributed by atoms with Gasteiger partial charge in [-0.15, -0.1) is 10.2 Å². The Morgan fingerprint density at radius 2 is 2.48 bits per heavy atom. The third-order valence-corrected chi connectivity index (χ3v) is 4.41. The highest BCUT2D eigenvalue weighted by molar-refractivity contribution is 7.13. The van der Waals surface area contributed by atoms with Crippen LogP contribution in [0.25, 0.3) is 0 Å². The Kier molecular flexibility index (Phi) is 4.94. The van der Waals surface area contributed by atoms with E-state index in [1.165, 1.54) is 11.3 Å². The molecule has 0 unspecified atom stereocenters. The molecular formula is C13H19N7O2S. The number of carbonyl (C=O) groups excluding carboxylic acids is 1. The molecule has 1 aliphatic heterocycles. The molecule has 10 heteroatoms. The second-order valence-electron chi connectivity index (χ2n) is 5.61. The van der Waals surface area contributed by atoms with Crippen molar-refractivity contribution in [1.29, 1.82) is 0 Å². The van der Waals surface area contributed by atoms with Crippen LogP contribution in [-0.2, 0) is 11.3 Å². The summed E-state index contributed by atoms with van der Waals surface area (Å²) in [6.45, 7) is 4.53. The predicted molar refractivity (Wildman–Crippen MR) is 83.9 cm³/mol. The summed E-state index contributed by atoms with van der Waals surface area (Å²) >= 11 is 1.31. The number of nitrogens with zero attached hydrogens (tertiary/aromatic N) is 6. The Bertz CT molecular complexity index is 645. The molecule has 0 radical (unpaired) electrons. The lowest BCUT2D eigenvalue weighted by Crippen LogP contribution is -2.37. The predicted octanol–water partition coefficient (Wildman–Crippen LogP) is 0.374. The van der Waals surface area contributed by atoms with Gasteiger partial charge in [-0.05, 0) is 13.5 Å². The lowest BCUT2D eigenvalue weighted by Gasteiger charge is -2.23. The van der Waals surface area contributed by atoms with Crippen molar-refractivity contribution in [3.8, 4) is 0 Å². The number of carbonyl (C=O) groups is 1. The molecule has 1 N–H and O–H groups in total. The Hall–Kier alpha value is -1.91. The van der Waals surface area contributed by atoms with Crippen molar-refractivity contribution in [3.63, 3.8) is 0 Å². The number of anilines is 1. The number of hydrogen-bond donors (Lipinski definition) is 1. The minimum atomic E-state index is -0.0566. The number of hydrogen-bond acceptors (Lipinski definition) is 9. The molecule has 0 spiro atoms. The van der Waals surface area contributed by atoms with Crippen molar-refractivity contribution >= 4 is 22.4 Å². The SMILES string of the molecule is Cc1nc(CN(C)[C@H]2CCN(CC(=O)Nc3nncs3)C2)no1. The van der Waals surface area contributed by atoms with Gasteiger partial charge in [0, 0.05) is 26.1 Å². The van der Waals surface area contributed by atoms with Crippen LogP contribution in [0.1, 0.15) is 18.1 Å². The lowest BCUT2D eigenvalue weighted by atomic mass is 10.2. The van der Waals surface area contributed by atoms with Crippen LogP contribution in [-0.4, -0.2) is 68.8 Å². The third-order valence-electron chi connectivity index (χ3n) is 3.80.